The van der Waals surface area contributed by atoms with Crippen molar-refractivity contribution in [3.05, 3.63) is 84.4 Å². The molecule has 4 amide bonds. The SMILES string of the molecule is Cc1ccc(N2NC(C(=O)Nc3ccc(NC(=O)Nc4ccccc4)cc3)=NCC2=O)cc1. The van der Waals surface area contributed by atoms with E-state index in [1.54, 1.807) is 48.5 Å². The van der Waals surface area contributed by atoms with Gasteiger partial charge >= 0.3 is 6.03 Å². The van der Waals surface area contributed by atoms with Gasteiger partial charge in [-0.1, -0.05) is 35.9 Å². The molecule has 0 spiro atoms. The number of aryl methyl sites for hydroxylation is 1. The van der Waals surface area contributed by atoms with Crippen LogP contribution in [0.15, 0.2) is 83.9 Å². The molecule has 1 aliphatic rings. The first-order chi connectivity index (χ1) is 16.0. The first-order valence-corrected chi connectivity index (χ1v) is 10.2. The van der Waals surface area contributed by atoms with E-state index in [1.807, 2.05) is 37.3 Å². The first kappa shape index (κ1) is 21.6. The Morgan fingerprint density at radius 3 is 2.03 bits per heavy atom. The molecule has 0 fully saturated rings. The lowest BCUT2D eigenvalue weighted by atomic mass is 10.2. The monoisotopic (exact) mass is 442 g/mol. The van der Waals surface area contributed by atoms with Crippen LogP contribution in [0.3, 0.4) is 0 Å². The highest BCUT2D eigenvalue weighted by Crippen LogP contribution is 2.17. The van der Waals surface area contributed by atoms with E-state index in [-0.39, 0.29) is 24.3 Å². The van der Waals surface area contributed by atoms with Crippen LogP contribution in [0.2, 0.25) is 0 Å². The third-order valence-electron chi connectivity index (χ3n) is 4.78. The molecule has 0 aromatic heterocycles. The second kappa shape index (κ2) is 9.65. The maximum Gasteiger partial charge on any atom is 0.323 e. The molecule has 1 heterocycles. The Kier molecular flexibility index (Phi) is 6.31. The van der Waals surface area contributed by atoms with Crippen molar-refractivity contribution in [3.8, 4) is 0 Å². The molecule has 33 heavy (non-hydrogen) atoms. The summed E-state index contributed by atoms with van der Waals surface area (Å²) in [5, 5.41) is 9.49. The summed E-state index contributed by atoms with van der Waals surface area (Å²) >= 11 is 0. The number of nitrogens with one attached hydrogen (secondary N) is 4. The topological polar surface area (TPSA) is 115 Å². The number of nitrogens with zero attached hydrogens (tertiary/aromatic N) is 2. The third-order valence-corrected chi connectivity index (χ3v) is 4.78. The van der Waals surface area contributed by atoms with E-state index in [1.165, 1.54) is 5.01 Å². The van der Waals surface area contributed by atoms with Crippen molar-refractivity contribution in [1.29, 1.82) is 0 Å². The minimum Gasteiger partial charge on any atom is -0.319 e. The Hall–Kier alpha value is -4.66. The van der Waals surface area contributed by atoms with Gasteiger partial charge in [-0.25, -0.2) is 9.80 Å². The highest BCUT2D eigenvalue weighted by Gasteiger charge is 2.25. The highest BCUT2D eigenvalue weighted by molar-refractivity contribution is 6.43. The van der Waals surface area contributed by atoms with Gasteiger partial charge < -0.3 is 16.0 Å². The van der Waals surface area contributed by atoms with E-state index in [2.05, 4.69) is 26.4 Å². The fourth-order valence-corrected chi connectivity index (χ4v) is 3.09. The number of aliphatic imine (C=N–C) groups is 1. The molecule has 4 rings (SSSR count). The summed E-state index contributed by atoms with van der Waals surface area (Å²) in [6.07, 6.45) is 0. The number of hydrogen-bond acceptors (Lipinski definition) is 5. The Bertz CT molecular complexity index is 1190. The number of urea groups is 1. The molecule has 0 saturated heterocycles. The van der Waals surface area contributed by atoms with Crippen LogP contribution < -0.4 is 26.4 Å². The van der Waals surface area contributed by atoms with Crippen LogP contribution in [-0.4, -0.2) is 30.2 Å². The van der Waals surface area contributed by atoms with E-state index in [0.717, 1.165) is 5.56 Å². The summed E-state index contributed by atoms with van der Waals surface area (Å²) in [5.74, 6) is -0.721. The quantitative estimate of drug-likeness (QED) is 0.484. The van der Waals surface area contributed by atoms with Gasteiger partial charge in [-0.2, -0.15) is 0 Å². The number of hydrazine groups is 1. The van der Waals surface area contributed by atoms with E-state index in [0.29, 0.717) is 22.7 Å². The van der Waals surface area contributed by atoms with Gasteiger partial charge in [-0.15, -0.1) is 0 Å². The van der Waals surface area contributed by atoms with Crippen molar-refractivity contribution in [2.45, 2.75) is 6.92 Å². The molecule has 0 atom stereocenters. The predicted molar refractivity (Wildman–Crippen MR) is 128 cm³/mol. The Morgan fingerprint density at radius 2 is 1.39 bits per heavy atom. The number of amidine groups is 1. The number of anilines is 4. The van der Waals surface area contributed by atoms with Crippen LogP contribution in [0.5, 0.6) is 0 Å². The van der Waals surface area contributed by atoms with E-state index in [4.69, 9.17) is 0 Å². The largest absolute Gasteiger partial charge is 0.323 e. The molecule has 3 aromatic carbocycles. The number of benzene rings is 3. The van der Waals surface area contributed by atoms with E-state index < -0.39 is 5.91 Å². The molecule has 9 heteroatoms. The number of rotatable bonds is 5. The second-order valence-electron chi connectivity index (χ2n) is 7.32. The van der Waals surface area contributed by atoms with Crippen molar-refractivity contribution in [2.75, 3.05) is 27.5 Å². The molecule has 3 aromatic rings. The van der Waals surface area contributed by atoms with Crippen molar-refractivity contribution < 1.29 is 14.4 Å². The molecule has 1 aliphatic heterocycles. The standard InChI is InChI=1S/C24H22N6O3/c1-16-7-13-20(14-8-16)30-21(31)15-25-22(29-30)23(32)26-18-9-11-19(12-10-18)28-24(33)27-17-5-3-2-4-6-17/h2-14H,15H2,1H3,(H,25,29)(H,26,32)(H2,27,28,33). The Balaban J connectivity index is 1.35. The molecule has 0 radical (unpaired) electrons. The summed E-state index contributed by atoms with van der Waals surface area (Å²) in [7, 11) is 0. The molecule has 9 nitrogen and oxygen atoms in total. The number of carbonyl (C=O) groups excluding carboxylic acids is 3. The fraction of sp³-hybridized carbons (Fsp3) is 0.0833. The lowest BCUT2D eigenvalue weighted by molar-refractivity contribution is -0.118. The fourth-order valence-electron chi connectivity index (χ4n) is 3.09. The van der Waals surface area contributed by atoms with E-state index >= 15 is 0 Å². The number of hydrogen-bond donors (Lipinski definition) is 4. The number of amides is 4. The Morgan fingerprint density at radius 1 is 0.818 bits per heavy atom. The predicted octanol–water partition coefficient (Wildman–Crippen LogP) is 3.53. The highest BCUT2D eigenvalue weighted by atomic mass is 16.2. The zero-order valence-corrected chi connectivity index (χ0v) is 17.8. The molecule has 4 N–H and O–H groups in total. The van der Waals surface area contributed by atoms with Gasteiger partial charge in [0, 0.05) is 17.1 Å². The summed E-state index contributed by atoms with van der Waals surface area (Å²) in [6.45, 7) is 1.81. The maximum absolute atomic E-state index is 12.6. The minimum absolute atomic E-state index is 0.0274. The first-order valence-electron chi connectivity index (χ1n) is 10.2. The molecule has 0 unspecified atom stereocenters. The van der Waals surface area contributed by atoms with Crippen molar-refractivity contribution in [2.24, 2.45) is 4.99 Å². The lowest BCUT2D eigenvalue weighted by Crippen LogP contribution is -2.54. The lowest BCUT2D eigenvalue weighted by Gasteiger charge is -2.27. The Labute approximate surface area is 190 Å². The number of para-hydroxylation sites is 1. The third kappa shape index (κ3) is 5.53. The van der Waals surface area contributed by atoms with Crippen LogP contribution in [0.4, 0.5) is 27.5 Å². The van der Waals surface area contributed by atoms with Crippen molar-refractivity contribution in [3.63, 3.8) is 0 Å². The van der Waals surface area contributed by atoms with Gasteiger partial charge in [0.1, 0.15) is 6.54 Å². The van der Waals surface area contributed by atoms with Gasteiger partial charge in [0.15, 0.2) is 0 Å². The van der Waals surface area contributed by atoms with E-state index in [9.17, 15) is 14.4 Å². The molecule has 0 saturated carbocycles. The van der Waals surface area contributed by atoms with Crippen LogP contribution in [-0.2, 0) is 9.59 Å². The summed E-state index contributed by atoms with van der Waals surface area (Å²) < 4.78 is 0. The van der Waals surface area contributed by atoms with Gasteiger partial charge in [0.2, 0.25) is 5.84 Å². The summed E-state index contributed by atoms with van der Waals surface area (Å²) in [5.41, 5.74) is 6.21. The second-order valence-corrected chi connectivity index (χ2v) is 7.32. The van der Waals surface area contributed by atoms with Gasteiger partial charge in [0.05, 0.1) is 5.69 Å². The maximum atomic E-state index is 12.6. The van der Waals surface area contributed by atoms with Crippen molar-refractivity contribution in [1.82, 2.24) is 5.43 Å². The smallest absolute Gasteiger partial charge is 0.319 e. The zero-order chi connectivity index (χ0) is 23.2. The number of carbonyl (C=O) groups is 3. The van der Waals surface area contributed by atoms with Crippen molar-refractivity contribution >= 4 is 46.4 Å². The summed E-state index contributed by atoms with van der Waals surface area (Å²) in [6, 6.07) is 22.7. The molecular formula is C24H22N6O3. The van der Waals surface area contributed by atoms with Crippen LogP contribution in [0.1, 0.15) is 5.56 Å². The van der Waals surface area contributed by atoms with Crippen LogP contribution >= 0.6 is 0 Å². The molecule has 0 bridgehead atoms. The summed E-state index contributed by atoms with van der Waals surface area (Å²) in [4.78, 5) is 41.0. The van der Waals surface area contributed by atoms with Gasteiger partial charge in [0.25, 0.3) is 11.8 Å². The average molecular weight is 442 g/mol. The molecule has 166 valence electrons. The molecule has 0 aliphatic carbocycles. The normalized spacial score (nSPS) is 12.9. The van der Waals surface area contributed by atoms with Crippen LogP contribution in [0, 0.1) is 6.92 Å². The zero-order valence-electron chi connectivity index (χ0n) is 17.8. The van der Waals surface area contributed by atoms with Gasteiger partial charge in [-0.05, 0) is 55.5 Å². The van der Waals surface area contributed by atoms with Gasteiger partial charge in [-0.3, -0.25) is 20.0 Å². The average Bonchev–Trinajstić information content (AvgIpc) is 2.82. The molecular weight excluding hydrogens is 420 g/mol. The van der Waals surface area contributed by atoms with Crippen LogP contribution in [0.25, 0.3) is 0 Å². The minimum atomic E-state index is -0.484.